The van der Waals surface area contributed by atoms with Crippen LogP contribution in [0.15, 0.2) is 18.2 Å². The lowest BCUT2D eigenvalue weighted by molar-refractivity contribution is 0.592. The summed E-state index contributed by atoms with van der Waals surface area (Å²) in [5, 5.41) is 12.5. The summed E-state index contributed by atoms with van der Waals surface area (Å²) in [7, 11) is 0. The monoisotopic (exact) mass is 214 g/mol. The van der Waals surface area contributed by atoms with Crippen molar-refractivity contribution in [3.8, 4) is 6.07 Å². The number of nitrogens with one attached hydrogen (secondary N) is 1. The SMILES string of the molecule is Cc1cc(C)cc(C(C#N)NCC2CC2)c1. The zero-order valence-corrected chi connectivity index (χ0v) is 9.96. The predicted octanol–water partition coefficient (Wildman–Crippen LogP) is 2.87. The topological polar surface area (TPSA) is 35.8 Å². The fraction of sp³-hybridized carbons (Fsp3) is 0.500. The predicted molar refractivity (Wildman–Crippen MR) is 65.0 cm³/mol. The van der Waals surface area contributed by atoms with Crippen LogP contribution in [0.2, 0.25) is 0 Å². The lowest BCUT2D eigenvalue weighted by Crippen LogP contribution is -2.22. The second-order valence-corrected chi connectivity index (χ2v) is 4.83. The maximum Gasteiger partial charge on any atom is 0.121 e. The molecule has 1 N–H and O–H groups in total. The first-order valence-electron chi connectivity index (χ1n) is 5.90. The highest BCUT2D eigenvalue weighted by atomic mass is 14.9. The summed E-state index contributed by atoms with van der Waals surface area (Å²) in [4.78, 5) is 0. The van der Waals surface area contributed by atoms with Crippen LogP contribution in [-0.4, -0.2) is 6.54 Å². The van der Waals surface area contributed by atoms with Crippen molar-refractivity contribution >= 4 is 0 Å². The molecule has 1 atom stereocenters. The van der Waals surface area contributed by atoms with E-state index in [1.54, 1.807) is 0 Å². The highest BCUT2D eigenvalue weighted by Crippen LogP contribution is 2.28. The van der Waals surface area contributed by atoms with E-state index < -0.39 is 0 Å². The van der Waals surface area contributed by atoms with Crippen molar-refractivity contribution in [1.82, 2.24) is 5.32 Å². The largest absolute Gasteiger partial charge is 0.298 e. The molecule has 2 rings (SSSR count). The van der Waals surface area contributed by atoms with E-state index in [1.807, 2.05) is 0 Å². The van der Waals surface area contributed by atoms with Crippen LogP contribution < -0.4 is 5.32 Å². The Morgan fingerprint density at radius 2 is 1.94 bits per heavy atom. The standard InChI is InChI=1S/C14H18N2/c1-10-5-11(2)7-13(6-10)14(8-15)16-9-12-3-4-12/h5-7,12,14,16H,3-4,9H2,1-2H3. The van der Waals surface area contributed by atoms with Gasteiger partial charge in [0.1, 0.15) is 6.04 Å². The van der Waals surface area contributed by atoms with Gasteiger partial charge in [0.15, 0.2) is 0 Å². The first-order valence-corrected chi connectivity index (χ1v) is 5.90. The average molecular weight is 214 g/mol. The van der Waals surface area contributed by atoms with Crippen molar-refractivity contribution < 1.29 is 0 Å². The quantitative estimate of drug-likeness (QED) is 0.836. The molecule has 1 saturated carbocycles. The molecule has 1 fully saturated rings. The van der Waals surface area contributed by atoms with Crippen LogP contribution in [0.4, 0.5) is 0 Å². The Kier molecular flexibility index (Phi) is 3.26. The summed E-state index contributed by atoms with van der Waals surface area (Å²) >= 11 is 0. The summed E-state index contributed by atoms with van der Waals surface area (Å²) in [5.41, 5.74) is 3.55. The second-order valence-electron chi connectivity index (χ2n) is 4.83. The van der Waals surface area contributed by atoms with E-state index in [0.29, 0.717) is 0 Å². The molecule has 1 aromatic carbocycles. The van der Waals surface area contributed by atoms with E-state index in [4.69, 9.17) is 0 Å². The first-order chi connectivity index (χ1) is 7.69. The van der Waals surface area contributed by atoms with E-state index in [-0.39, 0.29) is 6.04 Å². The molecule has 2 heteroatoms. The van der Waals surface area contributed by atoms with Gasteiger partial charge in [-0.2, -0.15) is 5.26 Å². The van der Waals surface area contributed by atoms with Gasteiger partial charge in [0.25, 0.3) is 0 Å². The van der Waals surface area contributed by atoms with Crippen LogP contribution in [-0.2, 0) is 0 Å². The molecule has 1 aromatic rings. The van der Waals surface area contributed by atoms with E-state index in [0.717, 1.165) is 18.0 Å². The lowest BCUT2D eigenvalue weighted by Gasteiger charge is -2.13. The van der Waals surface area contributed by atoms with Gasteiger partial charge >= 0.3 is 0 Å². The number of benzene rings is 1. The van der Waals surface area contributed by atoms with Crippen molar-refractivity contribution in [2.24, 2.45) is 5.92 Å². The summed E-state index contributed by atoms with van der Waals surface area (Å²) in [5.74, 6) is 0.807. The van der Waals surface area contributed by atoms with Gasteiger partial charge in [0.05, 0.1) is 6.07 Å². The molecule has 0 amide bonds. The van der Waals surface area contributed by atoms with E-state index >= 15 is 0 Å². The maximum absolute atomic E-state index is 9.18. The Morgan fingerprint density at radius 1 is 1.31 bits per heavy atom. The third-order valence-electron chi connectivity index (χ3n) is 3.01. The number of rotatable bonds is 4. The molecule has 1 aliphatic rings. The Hall–Kier alpha value is -1.33. The van der Waals surface area contributed by atoms with Gasteiger partial charge in [-0.3, -0.25) is 5.32 Å². The van der Waals surface area contributed by atoms with Crippen molar-refractivity contribution in [2.45, 2.75) is 32.7 Å². The highest BCUT2D eigenvalue weighted by molar-refractivity contribution is 5.33. The Balaban J connectivity index is 2.08. The van der Waals surface area contributed by atoms with Crippen LogP contribution in [0, 0.1) is 31.1 Å². The Morgan fingerprint density at radius 3 is 2.44 bits per heavy atom. The first kappa shape index (κ1) is 11.2. The van der Waals surface area contributed by atoms with Gasteiger partial charge < -0.3 is 0 Å². The van der Waals surface area contributed by atoms with Crippen LogP contribution >= 0.6 is 0 Å². The molecule has 1 unspecified atom stereocenters. The molecule has 0 aromatic heterocycles. The fourth-order valence-corrected chi connectivity index (χ4v) is 2.02. The molecule has 2 nitrogen and oxygen atoms in total. The third-order valence-corrected chi connectivity index (χ3v) is 3.01. The number of aryl methyl sites for hydroxylation is 2. The van der Waals surface area contributed by atoms with Crippen molar-refractivity contribution in [1.29, 1.82) is 5.26 Å². The summed E-state index contributed by atoms with van der Waals surface area (Å²) in [6, 6.07) is 8.53. The molecule has 0 bridgehead atoms. The van der Waals surface area contributed by atoms with Crippen molar-refractivity contribution in [2.75, 3.05) is 6.54 Å². The number of hydrogen-bond donors (Lipinski definition) is 1. The minimum Gasteiger partial charge on any atom is -0.298 e. The van der Waals surface area contributed by atoms with Gasteiger partial charge in [0.2, 0.25) is 0 Å². The van der Waals surface area contributed by atoms with E-state index in [9.17, 15) is 5.26 Å². The second kappa shape index (κ2) is 4.67. The van der Waals surface area contributed by atoms with Crippen LogP contribution in [0.25, 0.3) is 0 Å². The van der Waals surface area contributed by atoms with Crippen molar-refractivity contribution in [3.05, 3.63) is 34.9 Å². The van der Waals surface area contributed by atoms with Gasteiger partial charge in [-0.05, 0) is 44.7 Å². The molecule has 0 heterocycles. The summed E-state index contributed by atoms with van der Waals surface area (Å²) in [6.07, 6.45) is 2.63. The normalized spacial score (nSPS) is 16.8. The number of hydrogen-bond acceptors (Lipinski definition) is 2. The minimum atomic E-state index is -0.154. The van der Waals surface area contributed by atoms with E-state index in [1.165, 1.54) is 24.0 Å². The molecular formula is C14H18N2. The Bertz CT molecular complexity index is 393. The smallest absolute Gasteiger partial charge is 0.121 e. The van der Waals surface area contributed by atoms with Crippen LogP contribution in [0.5, 0.6) is 0 Å². The molecule has 0 radical (unpaired) electrons. The fourth-order valence-electron chi connectivity index (χ4n) is 2.02. The average Bonchev–Trinajstić information content (AvgIpc) is 3.01. The van der Waals surface area contributed by atoms with Crippen LogP contribution in [0.3, 0.4) is 0 Å². The zero-order valence-electron chi connectivity index (χ0n) is 9.96. The highest BCUT2D eigenvalue weighted by Gasteiger charge is 2.22. The lowest BCUT2D eigenvalue weighted by atomic mass is 10.0. The van der Waals surface area contributed by atoms with Gasteiger partial charge in [-0.1, -0.05) is 29.3 Å². The third kappa shape index (κ3) is 2.84. The van der Waals surface area contributed by atoms with Gasteiger partial charge in [-0.25, -0.2) is 0 Å². The molecule has 0 aliphatic heterocycles. The maximum atomic E-state index is 9.18. The summed E-state index contributed by atoms with van der Waals surface area (Å²) < 4.78 is 0. The summed E-state index contributed by atoms with van der Waals surface area (Å²) in [6.45, 7) is 5.13. The number of nitrogens with zero attached hydrogens (tertiary/aromatic N) is 1. The van der Waals surface area contributed by atoms with Crippen LogP contribution in [0.1, 0.15) is 35.6 Å². The molecular weight excluding hydrogens is 196 g/mol. The molecule has 0 spiro atoms. The molecule has 84 valence electrons. The van der Waals surface area contributed by atoms with Gasteiger partial charge in [-0.15, -0.1) is 0 Å². The molecule has 1 aliphatic carbocycles. The molecule has 16 heavy (non-hydrogen) atoms. The minimum absolute atomic E-state index is 0.154. The van der Waals surface area contributed by atoms with E-state index in [2.05, 4.69) is 43.4 Å². The Labute approximate surface area is 97.3 Å². The number of nitriles is 1. The van der Waals surface area contributed by atoms with Crippen molar-refractivity contribution in [3.63, 3.8) is 0 Å². The zero-order chi connectivity index (χ0) is 11.5. The molecule has 0 saturated heterocycles. The van der Waals surface area contributed by atoms with Gasteiger partial charge in [0, 0.05) is 0 Å².